The normalized spacial score (nSPS) is 27.7. The van der Waals surface area contributed by atoms with Crippen LogP contribution in [0.2, 0.25) is 0 Å². The van der Waals surface area contributed by atoms with Crippen LogP contribution in [0.5, 0.6) is 0 Å². The Hall–Kier alpha value is -3.20. The summed E-state index contributed by atoms with van der Waals surface area (Å²) in [7, 11) is 0. The third-order valence-corrected chi connectivity index (χ3v) is 6.37. The van der Waals surface area contributed by atoms with Crippen LogP contribution in [-0.2, 0) is 26.1 Å². The highest BCUT2D eigenvalue weighted by atomic mass is 19.4. The van der Waals surface area contributed by atoms with Gasteiger partial charge in [0, 0.05) is 11.6 Å². The number of alkyl halides is 3. The second kappa shape index (κ2) is 7.41. The average Bonchev–Trinajstić information content (AvgIpc) is 3.23. The van der Waals surface area contributed by atoms with Crippen molar-refractivity contribution in [3.05, 3.63) is 71.3 Å². The Balaban J connectivity index is 1.95. The number of rotatable bonds is 3. The Kier molecular flexibility index (Phi) is 5.16. The van der Waals surface area contributed by atoms with Gasteiger partial charge in [-0.05, 0) is 44.0 Å². The Morgan fingerprint density at radius 3 is 2.18 bits per heavy atom. The van der Waals surface area contributed by atoms with Gasteiger partial charge in [0.1, 0.15) is 0 Å². The highest BCUT2D eigenvalue weighted by Gasteiger charge is 2.70. The zero-order valence-electron chi connectivity index (χ0n) is 18.2. The van der Waals surface area contributed by atoms with E-state index in [1.54, 1.807) is 39.0 Å². The fourth-order valence-corrected chi connectivity index (χ4v) is 5.05. The maximum atomic E-state index is 13.6. The topological polar surface area (TPSA) is 86.7 Å². The Morgan fingerprint density at radius 1 is 1.00 bits per heavy atom. The van der Waals surface area contributed by atoms with Crippen molar-refractivity contribution >= 4 is 17.8 Å². The standard InChI is InChI=1S/C24H23F3N2O4/c1-22(2,3)29-19(30)16-17(20(29)31)23(21(32)33,14-9-5-4-6-10-14)28-18(16)13-8-7-11-15(12-13)24(25,26)27/h4-12,16-18,28H,1-3H3,(H,32,33). The molecule has 2 aliphatic heterocycles. The molecule has 0 saturated carbocycles. The number of amides is 2. The lowest BCUT2D eigenvalue weighted by Gasteiger charge is -2.35. The predicted octanol–water partition coefficient (Wildman–Crippen LogP) is 3.73. The number of likely N-dealkylation sites (tertiary alicyclic amines) is 1. The zero-order chi connectivity index (χ0) is 24.3. The van der Waals surface area contributed by atoms with Crippen LogP contribution in [-0.4, -0.2) is 33.3 Å². The fraction of sp³-hybridized carbons (Fsp3) is 0.375. The van der Waals surface area contributed by atoms with Crippen LogP contribution in [0.4, 0.5) is 13.2 Å². The molecule has 9 heteroatoms. The first kappa shape index (κ1) is 23.0. The van der Waals surface area contributed by atoms with Crippen LogP contribution in [0, 0.1) is 11.8 Å². The van der Waals surface area contributed by atoms with E-state index < -0.39 is 58.5 Å². The van der Waals surface area contributed by atoms with E-state index in [1.807, 2.05) is 0 Å². The van der Waals surface area contributed by atoms with Gasteiger partial charge in [0.05, 0.1) is 17.4 Å². The maximum Gasteiger partial charge on any atom is 0.416 e. The molecule has 4 rings (SSSR count). The number of carbonyl (C=O) groups is 3. The van der Waals surface area contributed by atoms with E-state index in [9.17, 15) is 32.7 Å². The van der Waals surface area contributed by atoms with Crippen molar-refractivity contribution in [2.75, 3.05) is 0 Å². The van der Waals surface area contributed by atoms with Crippen molar-refractivity contribution in [1.29, 1.82) is 0 Å². The largest absolute Gasteiger partial charge is 0.480 e. The van der Waals surface area contributed by atoms with Gasteiger partial charge < -0.3 is 5.11 Å². The summed E-state index contributed by atoms with van der Waals surface area (Å²) < 4.78 is 40.1. The summed E-state index contributed by atoms with van der Waals surface area (Å²) in [5.74, 6) is -5.16. The molecule has 2 N–H and O–H groups in total. The number of hydrogen-bond acceptors (Lipinski definition) is 4. The third-order valence-electron chi connectivity index (χ3n) is 6.37. The number of carbonyl (C=O) groups excluding carboxylic acids is 2. The van der Waals surface area contributed by atoms with E-state index in [4.69, 9.17) is 0 Å². The molecule has 0 spiro atoms. The number of hydrogen-bond donors (Lipinski definition) is 2. The minimum Gasteiger partial charge on any atom is -0.480 e. The van der Waals surface area contributed by atoms with E-state index in [1.165, 1.54) is 24.3 Å². The van der Waals surface area contributed by atoms with Crippen molar-refractivity contribution in [1.82, 2.24) is 10.2 Å². The molecule has 0 aromatic heterocycles. The number of carboxylic acid groups (broad SMARTS) is 1. The fourth-order valence-electron chi connectivity index (χ4n) is 5.05. The molecule has 0 aliphatic carbocycles. The van der Waals surface area contributed by atoms with Gasteiger partial charge in [0.25, 0.3) is 0 Å². The molecule has 2 aromatic rings. The lowest BCUT2D eigenvalue weighted by Crippen LogP contribution is -2.55. The summed E-state index contributed by atoms with van der Waals surface area (Å²) in [6.45, 7) is 4.96. The van der Waals surface area contributed by atoms with Crippen molar-refractivity contribution < 1.29 is 32.7 Å². The molecular weight excluding hydrogens is 437 g/mol. The van der Waals surface area contributed by atoms with E-state index in [0.29, 0.717) is 0 Å². The second-order valence-corrected chi connectivity index (χ2v) is 9.41. The monoisotopic (exact) mass is 460 g/mol. The zero-order valence-corrected chi connectivity index (χ0v) is 18.2. The van der Waals surface area contributed by atoms with Crippen LogP contribution in [0.25, 0.3) is 0 Å². The van der Waals surface area contributed by atoms with Crippen molar-refractivity contribution in [3.8, 4) is 0 Å². The van der Waals surface area contributed by atoms with Crippen molar-refractivity contribution in [2.24, 2.45) is 11.8 Å². The number of carboxylic acids is 1. The van der Waals surface area contributed by atoms with Gasteiger partial charge in [-0.1, -0.05) is 42.5 Å². The SMILES string of the molecule is CC(C)(C)N1C(=O)C2C(c3cccc(C(F)(F)F)c3)NC(C(=O)O)(c3ccccc3)C2C1=O. The summed E-state index contributed by atoms with van der Waals surface area (Å²) in [5.41, 5.74) is -3.50. The van der Waals surface area contributed by atoms with Crippen LogP contribution in [0.3, 0.4) is 0 Å². The number of aliphatic carboxylic acids is 1. The first-order valence-electron chi connectivity index (χ1n) is 10.4. The van der Waals surface area contributed by atoms with Crippen molar-refractivity contribution in [2.45, 2.75) is 44.1 Å². The molecule has 2 heterocycles. The molecule has 6 nitrogen and oxygen atoms in total. The highest BCUT2D eigenvalue weighted by molar-refractivity contribution is 6.10. The van der Waals surface area contributed by atoms with Gasteiger partial charge in [0.15, 0.2) is 5.54 Å². The molecule has 2 amide bonds. The van der Waals surface area contributed by atoms with Gasteiger partial charge >= 0.3 is 12.1 Å². The molecule has 33 heavy (non-hydrogen) atoms. The first-order chi connectivity index (χ1) is 15.3. The predicted molar refractivity (Wildman–Crippen MR) is 112 cm³/mol. The molecule has 174 valence electrons. The smallest absolute Gasteiger partial charge is 0.416 e. The van der Waals surface area contributed by atoms with E-state index in [2.05, 4.69) is 5.32 Å². The van der Waals surface area contributed by atoms with E-state index in [0.717, 1.165) is 17.0 Å². The Bertz CT molecular complexity index is 1130. The summed E-state index contributed by atoms with van der Waals surface area (Å²) >= 11 is 0. The minimum absolute atomic E-state index is 0.0933. The van der Waals surface area contributed by atoms with Crippen LogP contribution in [0.15, 0.2) is 54.6 Å². The number of imide groups is 1. The highest BCUT2D eigenvalue weighted by Crippen LogP contribution is 2.54. The number of nitrogens with one attached hydrogen (secondary N) is 1. The molecule has 0 bridgehead atoms. The van der Waals surface area contributed by atoms with E-state index >= 15 is 0 Å². The van der Waals surface area contributed by atoms with Crippen LogP contribution >= 0.6 is 0 Å². The van der Waals surface area contributed by atoms with Crippen LogP contribution in [0.1, 0.15) is 43.5 Å². The molecule has 4 atom stereocenters. The first-order valence-corrected chi connectivity index (χ1v) is 10.4. The Labute approximate surface area is 188 Å². The Morgan fingerprint density at radius 2 is 1.64 bits per heavy atom. The van der Waals surface area contributed by atoms with Crippen LogP contribution < -0.4 is 5.32 Å². The van der Waals surface area contributed by atoms with Crippen molar-refractivity contribution in [3.63, 3.8) is 0 Å². The number of halogens is 3. The second-order valence-electron chi connectivity index (χ2n) is 9.41. The maximum absolute atomic E-state index is 13.6. The number of fused-ring (bicyclic) bond motifs is 1. The molecule has 2 aromatic carbocycles. The lowest BCUT2D eigenvalue weighted by atomic mass is 9.75. The van der Waals surface area contributed by atoms with E-state index in [-0.39, 0.29) is 11.1 Å². The average molecular weight is 460 g/mol. The van der Waals surface area contributed by atoms with Gasteiger partial charge in [-0.3, -0.25) is 19.8 Å². The quantitative estimate of drug-likeness (QED) is 0.682. The molecule has 0 radical (unpaired) electrons. The minimum atomic E-state index is -4.62. The summed E-state index contributed by atoms with van der Waals surface area (Å²) in [4.78, 5) is 40.9. The summed E-state index contributed by atoms with van der Waals surface area (Å²) in [5, 5.41) is 13.3. The molecule has 2 fully saturated rings. The van der Waals surface area contributed by atoms with Gasteiger partial charge in [0.2, 0.25) is 11.8 Å². The molecule has 2 saturated heterocycles. The molecular formula is C24H23F3N2O4. The van der Waals surface area contributed by atoms with Gasteiger partial charge in [-0.25, -0.2) is 4.79 Å². The number of nitrogens with zero attached hydrogens (tertiary/aromatic N) is 1. The summed E-state index contributed by atoms with van der Waals surface area (Å²) in [6, 6.07) is 11.3. The van der Waals surface area contributed by atoms with Gasteiger partial charge in [-0.15, -0.1) is 0 Å². The van der Waals surface area contributed by atoms with Gasteiger partial charge in [-0.2, -0.15) is 13.2 Å². The third kappa shape index (κ3) is 3.42. The number of benzene rings is 2. The molecule has 4 unspecified atom stereocenters. The lowest BCUT2D eigenvalue weighted by molar-refractivity contribution is -0.154. The summed E-state index contributed by atoms with van der Waals surface area (Å²) in [6.07, 6.45) is -4.62. The molecule has 2 aliphatic rings.